The zero-order chi connectivity index (χ0) is 14.4. The Balaban J connectivity index is 1.77. The number of methoxy groups -OCH3 is 1. The van der Waals surface area contributed by atoms with E-state index in [4.69, 9.17) is 15.0 Å². The molecule has 2 N–H and O–H groups in total. The van der Waals surface area contributed by atoms with Crippen LogP contribution in [0, 0.1) is 0 Å². The Kier molecular flexibility index (Phi) is 2.79. The van der Waals surface area contributed by atoms with E-state index < -0.39 is 5.54 Å². The third-order valence-corrected chi connectivity index (χ3v) is 4.58. The molecule has 5 heteroatoms. The van der Waals surface area contributed by atoms with Crippen LogP contribution >= 0.6 is 0 Å². The van der Waals surface area contributed by atoms with E-state index in [-0.39, 0.29) is 0 Å². The highest BCUT2D eigenvalue weighted by molar-refractivity contribution is 5.44. The van der Waals surface area contributed by atoms with Crippen molar-refractivity contribution < 1.29 is 9.26 Å². The number of aromatic nitrogens is 2. The second-order valence-electron chi connectivity index (χ2n) is 6.08. The van der Waals surface area contributed by atoms with E-state index in [1.165, 1.54) is 5.56 Å². The van der Waals surface area contributed by atoms with Crippen LogP contribution < -0.4 is 10.5 Å². The molecule has 2 aliphatic carbocycles. The minimum absolute atomic E-state index is 0.453. The van der Waals surface area contributed by atoms with Gasteiger partial charge in [0.05, 0.1) is 7.11 Å². The minimum atomic E-state index is -0.642. The summed E-state index contributed by atoms with van der Waals surface area (Å²) in [6.07, 6.45) is 5.17. The fraction of sp³-hybridized carbons (Fsp3) is 0.500. The topological polar surface area (TPSA) is 74.2 Å². The molecule has 2 aliphatic rings. The van der Waals surface area contributed by atoms with Crippen molar-refractivity contribution >= 4 is 0 Å². The monoisotopic (exact) mass is 285 g/mol. The molecule has 0 saturated heterocycles. The highest BCUT2D eigenvalue weighted by Crippen LogP contribution is 2.42. The van der Waals surface area contributed by atoms with Crippen LogP contribution in [0.1, 0.15) is 54.4 Å². The number of fused-ring (bicyclic) bond motifs is 1. The number of aryl methyl sites for hydroxylation is 1. The van der Waals surface area contributed by atoms with Gasteiger partial charge in [0, 0.05) is 5.92 Å². The molecule has 1 fully saturated rings. The Bertz CT molecular complexity index is 678. The van der Waals surface area contributed by atoms with Crippen molar-refractivity contribution in [2.75, 3.05) is 7.11 Å². The molecule has 1 aromatic heterocycles. The first-order valence-corrected chi connectivity index (χ1v) is 7.51. The van der Waals surface area contributed by atoms with E-state index in [0.717, 1.165) is 49.3 Å². The summed E-state index contributed by atoms with van der Waals surface area (Å²) in [4.78, 5) is 4.58. The Hall–Kier alpha value is -1.88. The largest absolute Gasteiger partial charge is 0.497 e. The Labute approximate surface area is 123 Å². The first-order valence-electron chi connectivity index (χ1n) is 7.51. The van der Waals surface area contributed by atoms with Crippen molar-refractivity contribution in [3.05, 3.63) is 41.0 Å². The van der Waals surface area contributed by atoms with Crippen molar-refractivity contribution in [3.63, 3.8) is 0 Å². The zero-order valence-electron chi connectivity index (χ0n) is 12.1. The standard InChI is InChI=1S/C16H19N3O2/c1-20-12-6-7-13-11(9-12)3-2-8-16(13,17)15-18-14(21-19-15)10-4-5-10/h6-7,9-10H,2-5,8,17H2,1H3. The van der Waals surface area contributed by atoms with Crippen molar-refractivity contribution in [1.82, 2.24) is 10.1 Å². The predicted molar refractivity (Wildman–Crippen MR) is 77.2 cm³/mol. The lowest BCUT2D eigenvalue weighted by Crippen LogP contribution is -2.42. The van der Waals surface area contributed by atoms with Crippen molar-refractivity contribution in [3.8, 4) is 5.75 Å². The van der Waals surface area contributed by atoms with Crippen molar-refractivity contribution in [2.24, 2.45) is 5.73 Å². The smallest absolute Gasteiger partial charge is 0.229 e. The maximum Gasteiger partial charge on any atom is 0.229 e. The summed E-state index contributed by atoms with van der Waals surface area (Å²) >= 11 is 0. The Morgan fingerprint density at radius 3 is 3.00 bits per heavy atom. The molecule has 0 aliphatic heterocycles. The van der Waals surface area contributed by atoms with Gasteiger partial charge in [0.2, 0.25) is 5.89 Å². The third-order valence-electron chi connectivity index (χ3n) is 4.58. The van der Waals surface area contributed by atoms with Crippen LogP contribution in [-0.4, -0.2) is 17.3 Å². The summed E-state index contributed by atoms with van der Waals surface area (Å²) < 4.78 is 10.7. The van der Waals surface area contributed by atoms with Crippen molar-refractivity contribution in [1.29, 1.82) is 0 Å². The molecule has 1 aromatic carbocycles. The van der Waals surface area contributed by atoms with Crippen molar-refractivity contribution in [2.45, 2.75) is 43.6 Å². The van der Waals surface area contributed by atoms with E-state index in [2.05, 4.69) is 16.2 Å². The Morgan fingerprint density at radius 1 is 1.38 bits per heavy atom. The van der Waals surface area contributed by atoms with Gasteiger partial charge in [-0.25, -0.2) is 0 Å². The first kappa shape index (κ1) is 12.8. The van der Waals surface area contributed by atoms with Crippen LogP contribution in [0.25, 0.3) is 0 Å². The lowest BCUT2D eigenvalue weighted by molar-refractivity contribution is 0.348. The Morgan fingerprint density at radius 2 is 2.24 bits per heavy atom. The van der Waals surface area contributed by atoms with Crippen LogP contribution in [0.4, 0.5) is 0 Å². The van der Waals surface area contributed by atoms with E-state index in [1.54, 1.807) is 7.11 Å². The normalized spacial score (nSPS) is 24.7. The van der Waals surface area contributed by atoms with Crippen LogP contribution in [0.2, 0.25) is 0 Å². The first-order chi connectivity index (χ1) is 10.2. The van der Waals surface area contributed by atoms with Gasteiger partial charge in [-0.3, -0.25) is 0 Å². The molecule has 0 amide bonds. The molecule has 1 atom stereocenters. The van der Waals surface area contributed by atoms with E-state index >= 15 is 0 Å². The maximum atomic E-state index is 6.69. The van der Waals surface area contributed by atoms with Gasteiger partial charge in [-0.15, -0.1) is 0 Å². The molecule has 0 spiro atoms. The summed E-state index contributed by atoms with van der Waals surface area (Å²) in [6.45, 7) is 0. The van der Waals surface area contributed by atoms with Gasteiger partial charge in [0.1, 0.15) is 11.3 Å². The number of hydrogen-bond acceptors (Lipinski definition) is 5. The molecular weight excluding hydrogens is 266 g/mol. The quantitative estimate of drug-likeness (QED) is 0.937. The molecule has 0 radical (unpaired) electrons. The van der Waals surface area contributed by atoms with Crippen LogP contribution in [-0.2, 0) is 12.0 Å². The zero-order valence-corrected chi connectivity index (χ0v) is 12.1. The fourth-order valence-electron chi connectivity index (χ4n) is 3.18. The summed E-state index contributed by atoms with van der Waals surface area (Å²) in [5, 5.41) is 4.17. The SMILES string of the molecule is COc1ccc2c(c1)CCCC2(N)c1noc(C2CC2)n1. The molecule has 21 heavy (non-hydrogen) atoms. The lowest BCUT2D eigenvalue weighted by atomic mass is 9.76. The molecule has 2 aromatic rings. The minimum Gasteiger partial charge on any atom is -0.497 e. The third kappa shape index (κ3) is 2.03. The molecule has 1 heterocycles. The number of rotatable bonds is 3. The fourth-order valence-corrected chi connectivity index (χ4v) is 3.18. The summed E-state index contributed by atoms with van der Waals surface area (Å²) in [5.74, 6) is 2.68. The summed E-state index contributed by atoms with van der Waals surface area (Å²) in [5.41, 5.74) is 8.37. The lowest BCUT2D eigenvalue weighted by Gasteiger charge is -2.33. The van der Waals surface area contributed by atoms with Crippen LogP contribution in [0.3, 0.4) is 0 Å². The predicted octanol–water partition coefficient (Wildman–Crippen LogP) is 2.49. The molecule has 4 rings (SSSR count). The van der Waals surface area contributed by atoms with E-state index in [0.29, 0.717) is 11.7 Å². The van der Waals surface area contributed by atoms with E-state index in [1.807, 2.05) is 12.1 Å². The van der Waals surface area contributed by atoms with Gasteiger partial charge >= 0.3 is 0 Å². The van der Waals surface area contributed by atoms with Gasteiger partial charge < -0.3 is 15.0 Å². The second kappa shape index (κ2) is 4.56. The van der Waals surface area contributed by atoms with E-state index in [9.17, 15) is 0 Å². The number of ether oxygens (including phenoxy) is 1. The van der Waals surface area contributed by atoms with Crippen LogP contribution in [0.5, 0.6) is 5.75 Å². The highest BCUT2D eigenvalue weighted by atomic mass is 16.5. The maximum absolute atomic E-state index is 6.69. The highest BCUT2D eigenvalue weighted by Gasteiger charge is 2.40. The van der Waals surface area contributed by atoms with Crippen LogP contribution in [0.15, 0.2) is 22.7 Å². The summed E-state index contributed by atoms with van der Waals surface area (Å²) in [6, 6.07) is 6.06. The molecule has 1 saturated carbocycles. The van der Waals surface area contributed by atoms with Gasteiger partial charge in [-0.2, -0.15) is 4.98 Å². The molecule has 1 unspecified atom stereocenters. The molecule has 110 valence electrons. The summed E-state index contributed by atoms with van der Waals surface area (Å²) in [7, 11) is 1.68. The van der Waals surface area contributed by atoms with Gasteiger partial charge in [-0.1, -0.05) is 11.2 Å². The van der Waals surface area contributed by atoms with Gasteiger partial charge in [-0.05, 0) is 55.4 Å². The number of benzene rings is 1. The van der Waals surface area contributed by atoms with Gasteiger partial charge in [0.25, 0.3) is 0 Å². The average Bonchev–Trinajstić information content (AvgIpc) is 3.24. The van der Waals surface area contributed by atoms with Gasteiger partial charge in [0.15, 0.2) is 5.82 Å². The molecule has 0 bridgehead atoms. The average molecular weight is 285 g/mol. The number of nitrogens with zero attached hydrogens (tertiary/aromatic N) is 2. The second-order valence-corrected chi connectivity index (χ2v) is 6.08. The number of nitrogens with two attached hydrogens (primary N) is 1. The molecule has 5 nitrogen and oxygen atoms in total. The number of hydrogen-bond donors (Lipinski definition) is 1. The molecular formula is C16H19N3O2.